The summed E-state index contributed by atoms with van der Waals surface area (Å²) < 4.78 is 22.9. The average molecular weight is 321 g/mol. The van der Waals surface area contributed by atoms with E-state index in [1.54, 1.807) is 6.92 Å². The van der Waals surface area contributed by atoms with Crippen LogP contribution in [0.4, 0.5) is 0 Å². The molecule has 0 bridgehead atoms. The SMILES string of the molecule is CCCS(=O)(=O)CC(=O)NCC(N)c1ccccc1.Cl. The summed E-state index contributed by atoms with van der Waals surface area (Å²) >= 11 is 0. The van der Waals surface area contributed by atoms with Crippen molar-refractivity contribution in [2.24, 2.45) is 5.73 Å². The van der Waals surface area contributed by atoms with E-state index in [2.05, 4.69) is 5.32 Å². The van der Waals surface area contributed by atoms with Gasteiger partial charge in [0.05, 0.1) is 5.75 Å². The van der Waals surface area contributed by atoms with Crippen LogP contribution in [0.3, 0.4) is 0 Å². The quantitative estimate of drug-likeness (QED) is 0.786. The molecule has 1 amide bonds. The Labute approximate surface area is 126 Å². The highest BCUT2D eigenvalue weighted by Crippen LogP contribution is 2.07. The fourth-order valence-electron chi connectivity index (χ4n) is 1.68. The van der Waals surface area contributed by atoms with E-state index in [0.29, 0.717) is 6.42 Å². The van der Waals surface area contributed by atoms with Gasteiger partial charge in [-0.25, -0.2) is 8.42 Å². The molecule has 0 aromatic heterocycles. The van der Waals surface area contributed by atoms with Crippen molar-refractivity contribution in [3.8, 4) is 0 Å². The zero-order valence-electron chi connectivity index (χ0n) is 11.4. The Hall–Kier alpha value is -1.11. The lowest BCUT2D eigenvalue weighted by atomic mass is 10.1. The van der Waals surface area contributed by atoms with Gasteiger partial charge >= 0.3 is 0 Å². The first-order chi connectivity index (χ1) is 8.94. The second kappa shape index (κ2) is 8.94. The molecule has 5 nitrogen and oxygen atoms in total. The molecule has 114 valence electrons. The fourth-order valence-corrected chi connectivity index (χ4v) is 2.94. The van der Waals surface area contributed by atoms with Crippen LogP contribution in [0.2, 0.25) is 0 Å². The van der Waals surface area contributed by atoms with Gasteiger partial charge < -0.3 is 11.1 Å². The van der Waals surface area contributed by atoms with Crippen LogP contribution in [0.15, 0.2) is 30.3 Å². The summed E-state index contributed by atoms with van der Waals surface area (Å²) in [7, 11) is -3.30. The van der Waals surface area contributed by atoms with E-state index < -0.39 is 21.5 Å². The lowest BCUT2D eigenvalue weighted by molar-refractivity contribution is -0.118. The van der Waals surface area contributed by atoms with Gasteiger partial charge in [0.1, 0.15) is 5.75 Å². The molecule has 0 aliphatic carbocycles. The first-order valence-electron chi connectivity index (χ1n) is 6.22. The number of nitrogens with one attached hydrogen (secondary N) is 1. The molecule has 1 unspecified atom stereocenters. The molecule has 0 radical (unpaired) electrons. The largest absolute Gasteiger partial charge is 0.353 e. The third-order valence-corrected chi connectivity index (χ3v) is 4.35. The van der Waals surface area contributed by atoms with Crippen molar-refractivity contribution in [3.63, 3.8) is 0 Å². The second-order valence-electron chi connectivity index (χ2n) is 4.41. The van der Waals surface area contributed by atoms with E-state index in [4.69, 9.17) is 5.73 Å². The van der Waals surface area contributed by atoms with Crippen LogP contribution in [-0.4, -0.2) is 32.4 Å². The Balaban J connectivity index is 0.00000361. The van der Waals surface area contributed by atoms with Crippen molar-refractivity contribution in [1.82, 2.24) is 5.32 Å². The predicted octanol–water partition coefficient (Wildman–Crippen LogP) is 1.05. The predicted molar refractivity (Wildman–Crippen MR) is 82.6 cm³/mol. The summed E-state index contributed by atoms with van der Waals surface area (Å²) in [6, 6.07) is 9.01. The van der Waals surface area contributed by atoms with E-state index >= 15 is 0 Å². The molecule has 0 spiro atoms. The molecule has 20 heavy (non-hydrogen) atoms. The maximum Gasteiger partial charge on any atom is 0.235 e. The number of sulfone groups is 1. The molecular weight excluding hydrogens is 300 g/mol. The minimum absolute atomic E-state index is 0. The minimum atomic E-state index is -3.30. The molecule has 0 aliphatic rings. The van der Waals surface area contributed by atoms with Crippen molar-refractivity contribution in [3.05, 3.63) is 35.9 Å². The molecule has 0 fully saturated rings. The lowest BCUT2D eigenvalue weighted by Gasteiger charge is -2.13. The van der Waals surface area contributed by atoms with Gasteiger partial charge in [-0.3, -0.25) is 4.79 Å². The van der Waals surface area contributed by atoms with Crippen LogP contribution in [0.25, 0.3) is 0 Å². The number of hydrogen-bond acceptors (Lipinski definition) is 4. The van der Waals surface area contributed by atoms with Crippen molar-refractivity contribution in [1.29, 1.82) is 0 Å². The Morgan fingerprint density at radius 2 is 1.90 bits per heavy atom. The zero-order valence-corrected chi connectivity index (χ0v) is 13.0. The van der Waals surface area contributed by atoms with Gasteiger partial charge in [0.2, 0.25) is 5.91 Å². The van der Waals surface area contributed by atoms with Crippen LogP contribution in [0.5, 0.6) is 0 Å². The number of nitrogens with two attached hydrogens (primary N) is 1. The molecule has 1 rings (SSSR count). The van der Waals surface area contributed by atoms with Crippen LogP contribution in [-0.2, 0) is 14.6 Å². The summed E-state index contributed by atoms with van der Waals surface area (Å²) in [6.45, 7) is 1.99. The molecule has 1 aromatic carbocycles. The summed E-state index contributed by atoms with van der Waals surface area (Å²) in [6.07, 6.45) is 0.513. The number of rotatable bonds is 7. The lowest BCUT2D eigenvalue weighted by Crippen LogP contribution is -2.36. The number of benzene rings is 1. The minimum Gasteiger partial charge on any atom is -0.353 e. The normalized spacial score (nSPS) is 12.3. The summed E-state index contributed by atoms with van der Waals surface area (Å²) in [4.78, 5) is 11.5. The van der Waals surface area contributed by atoms with Crippen LogP contribution in [0.1, 0.15) is 24.9 Å². The fraction of sp³-hybridized carbons (Fsp3) is 0.462. The Bertz CT molecular complexity index is 506. The summed E-state index contributed by atoms with van der Waals surface area (Å²) in [5.41, 5.74) is 6.80. The molecule has 0 aliphatic heterocycles. The monoisotopic (exact) mass is 320 g/mol. The summed E-state index contributed by atoms with van der Waals surface area (Å²) in [5, 5.41) is 2.55. The third-order valence-electron chi connectivity index (χ3n) is 2.61. The average Bonchev–Trinajstić information content (AvgIpc) is 2.36. The number of carbonyl (C=O) groups excluding carboxylic acids is 1. The Kier molecular flexibility index (Phi) is 8.45. The van der Waals surface area contributed by atoms with Crippen LogP contribution >= 0.6 is 12.4 Å². The van der Waals surface area contributed by atoms with E-state index in [9.17, 15) is 13.2 Å². The molecule has 7 heteroatoms. The van der Waals surface area contributed by atoms with Gasteiger partial charge in [-0.2, -0.15) is 0 Å². The Morgan fingerprint density at radius 3 is 2.45 bits per heavy atom. The first-order valence-corrected chi connectivity index (χ1v) is 8.04. The molecule has 0 saturated heterocycles. The van der Waals surface area contributed by atoms with Gasteiger partial charge in [-0.1, -0.05) is 37.3 Å². The maximum absolute atomic E-state index is 11.5. The van der Waals surface area contributed by atoms with Crippen LogP contribution < -0.4 is 11.1 Å². The number of carbonyl (C=O) groups is 1. The number of amides is 1. The van der Waals surface area contributed by atoms with E-state index in [1.807, 2.05) is 30.3 Å². The highest BCUT2D eigenvalue weighted by atomic mass is 35.5. The smallest absolute Gasteiger partial charge is 0.235 e. The third kappa shape index (κ3) is 6.88. The van der Waals surface area contributed by atoms with Crippen molar-refractivity contribution < 1.29 is 13.2 Å². The van der Waals surface area contributed by atoms with Crippen molar-refractivity contribution in [2.75, 3.05) is 18.1 Å². The topological polar surface area (TPSA) is 89.3 Å². The van der Waals surface area contributed by atoms with Crippen molar-refractivity contribution in [2.45, 2.75) is 19.4 Å². The molecule has 0 saturated carbocycles. The molecule has 1 aromatic rings. The van der Waals surface area contributed by atoms with E-state index in [-0.39, 0.29) is 30.7 Å². The maximum atomic E-state index is 11.5. The molecule has 3 N–H and O–H groups in total. The van der Waals surface area contributed by atoms with E-state index in [0.717, 1.165) is 5.56 Å². The Morgan fingerprint density at radius 1 is 1.30 bits per heavy atom. The van der Waals surface area contributed by atoms with Crippen LogP contribution in [0, 0.1) is 0 Å². The second-order valence-corrected chi connectivity index (χ2v) is 6.60. The molecule has 1 atom stereocenters. The van der Waals surface area contributed by atoms with Gasteiger partial charge in [-0.15, -0.1) is 12.4 Å². The van der Waals surface area contributed by atoms with Gasteiger partial charge in [0.25, 0.3) is 0 Å². The van der Waals surface area contributed by atoms with Gasteiger partial charge in [0.15, 0.2) is 9.84 Å². The zero-order chi connectivity index (χ0) is 14.3. The highest BCUT2D eigenvalue weighted by Gasteiger charge is 2.16. The molecular formula is C13H21ClN2O3S. The van der Waals surface area contributed by atoms with E-state index in [1.165, 1.54) is 0 Å². The van der Waals surface area contributed by atoms with Gasteiger partial charge in [-0.05, 0) is 12.0 Å². The van der Waals surface area contributed by atoms with Crippen molar-refractivity contribution >= 4 is 28.2 Å². The summed E-state index contributed by atoms with van der Waals surface area (Å²) in [5.74, 6) is -0.937. The number of hydrogen-bond donors (Lipinski definition) is 2. The molecule has 0 heterocycles. The number of halogens is 1. The highest BCUT2D eigenvalue weighted by molar-refractivity contribution is 7.92. The van der Waals surface area contributed by atoms with Gasteiger partial charge in [0, 0.05) is 12.6 Å². The standard InChI is InChI=1S/C13H20N2O3S.ClH/c1-2-8-19(17,18)10-13(16)15-9-12(14)11-6-4-3-5-7-11;/h3-7,12H,2,8-10,14H2,1H3,(H,15,16);1H. The first kappa shape index (κ1) is 18.9.